The van der Waals surface area contributed by atoms with Crippen LogP contribution in [0.25, 0.3) is 22.1 Å². The summed E-state index contributed by atoms with van der Waals surface area (Å²) in [5.74, 6) is 1.50. The van der Waals surface area contributed by atoms with Gasteiger partial charge in [0.1, 0.15) is 18.2 Å². The maximum Gasteiger partial charge on any atom is 0.250 e. The summed E-state index contributed by atoms with van der Waals surface area (Å²) in [6.45, 7) is 0.348. The predicted molar refractivity (Wildman–Crippen MR) is 129 cm³/mol. The van der Waals surface area contributed by atoms with Crippen LogP contribution in [0.3, 0.4) is 0 Å². The molecule has 3 aromatic carbocycles. The Morgan fingerprint density at radius 2 is 1.64 bits per heavy atom. The molecule has 0 unspecified atom stereocenters. The normalized spacial score (nSPS) is 11.4. The lowest BCUT2D eigenvalue weighted by atomic mass is 10.2. The van der Waals surface area contributed by atoms with Crippen LogP contribution < -0.4 is 10.2 Å². The molecule has 0 aliphatic heterocycles. The van der Waals surface area contributed by atoms with Crippen molar-refractivity contribution >= 4 is 46.0 Å². The lowest BCUT2D eigenvalue weighted by Crippen LogP contribution is -2.19. The first-order valence-corrected chi connectivity index (χ1v) is 11.3. The summed E-state index contributed by atoms with van der Waals surface area (Å²) in [4.78, 5) is 27.4. The van der Waals surface area contributed by atoms with Crippen molar-refractivity contribution in [3.8, 4) is 5.75 Å². The van der Waals surface area contributed by atoms with Crippen LogP contribution in [-0.4, -0.2) is 37.8 Å². The largest absolute Gasteiger partial charge is 0.486 e. The van der Waals surface area contributed by atoms with Crippen LogP contribution in [0.5, 0.6) is 5.75 Å². The van der Waals surface area contributed by atoms with Crippen molar-refractivity contribution in [1.29, 1.82) is 0 Å². The highest BCUT2D eigenvalue weighted by atomic mass is 32.2. The number of benzene rings is 3. The van der Waals surface area contributed by atoms with Gasteiger partial charge in [-0.1, -0.05) is 36.0 Å². The topological polar surface area (TPSA) is 108 Å². The molecule has 3 N–H and O–H groups in total. The number of amides is 1. The number of rotatable bonds is 8. The molecular weight excluding hydrogens is 436 g/mol. The highest BCUT2D eigenvalue weighted by Gasteiger charge is 2.06. The lowest BCUT2D eigenvalue weighted by Gasteiger charge is -2.04. The molecule has 0 fully saturated rings. The van der Waals surface area contributed by atoms with Crippen LogP contribution in [-0.2, 0) is 11.4 Å². The molecular formula is C24H20N6O2S. The number of hydrazone groups is 1. The van der Waals surface area contributed by atoms with E-state index >= 15 is 0 Å². The minimum absolute atomic E-state index is 0.206. The lowest BCUT2D eigenvalue weighted by molar-refractivity contribution is -0.118. The van der Waals surface area contributed by atoms with E-state index in [9.17, 15) is 4.79 Å². The smallest absolute Gasteiger partial charge is 0.250 e. The number of carbonyl (C=O) groups excluding carboxylic acids is 1. The van der Waals surface area contributed by atoms with E-state index in [0.29, 0.717) is 11.8 Å². The van der Waals surface area contributed by atoms with Gasteiger partial charge in [-0.3, -0.25) is 4.79 Å². The van der Waals surface area contributed by atoms with E-state index in [1.165, 1.54) is 11.8 Å². The van der Waals surface area contributed by atoms with Crippen molar-refractivity contribution in [2.45, 2.75) is 11.8 Å². The predicted octanol–water partition coefficient (Wildman–Crippen LogP) is 4.26. The van der Waals surface area contributed by atoms with Gasteiger partial charge in [0.05, 0.1) is 34.0 Å². The Kier molecular flexibility index (Phi) is 6.03. The van der Waals surface area contributed by atoms with Gasteiger partial charge in [-0.25, -0.2) is 15.4 Å². The van der Waals surface area contributed by atoms with Gasteiger partial charge in [0.25, 0.3) is 5.91 Å². The second-order valence-electron chi connectivity index (χ2n) is 7.20. The molecule has 0 spiro atoms. The third-order valence-electron chi connectivity index (χ3n) is 4.80. The molecule has 0 radical (unpaired) electrons. The third-order valence-corrected chi connectivity index (χ3v) is 5.68. The molecule has 0 bridgehead atoms. The Morgan fingerprint density at radius 3 is 2.36 bits per heavy atom. The molecule has 33 heavy (non-hydrogen) atoms. The van der Waals surface area contributed by atoms with Crippen molar-refractivity contribution in [2.24, 2.45) is 5.10 Å². The summed E-state index contributed by atoms with van der Waals surface area (Å²) in [6, 6.07) is 23.0. The fourth-order valence-electron chi connectivity index (χ4n) is 3.22. The number of fused-ring (bicyclic) bond motifs is 2. The molecule has 5 rings (SSSR count). The van der Waals surface area contributed by atoms with Gasteiger partial charge in [-0.05, 0) is 54.1 Å². The van der Waals surface area contributed by atoms with Crippen LogP contribution in [0.2, 0.25) is 0 Å². The second-order valence-corrected chi connectivity index (χ2v) is 8.16. The number of H-pyrrole nitrogens is 2. The number of ether oxygens (including phenoxy) is 1. The molecule has 0 saturated heterocycles. The first kappa shape index (κ1) is 20.8. The van der Waals surface area contributed by atoms with Crippen LogP contribution in [0.1, 0.15) is 11.4 Å². The Morgan fingerprint density at radius 1 is 0.939 bits per heavy atom. The van der Waals surface area contributed by atoms with Crippen molar-refractivity contribution in [2.75, 3.05) is 5.75 Å². The van der Waals surface area contributed by atoms with Gasteiger partial charge < -0.3 is 14.7 Å². The Balaban J connectivity index is 1.08. The molecule has 1 amide bonds. The number of hydrogen-bond donors (Lipinski definition) is 3. The zero-order valence-corrected chi connectivity index (χ0v) is 18.3. The number of carbonyl (C=O) groups is 1. The number of aromatic amines is 2. The third kappa shape index (κ3) is 5.21. The van der Waals surface area contributed by atoms with E-state index in [2.05, 4.69) is 30.5 Å². The Bertz CT molecular complexity index is 1360. The number of para-hydroxylation sites is 4. The number of nitrogens with one attached hydrogen (secondary N) is 3. The highest BCUT2D eigenvalue weighted by Crippen LogP contribution is 2.19. The zero-order valence-electron chi connectivity index (χ0n) is 17.5. The number of hydrogen-bond acceptors (Lipinski definition) is 6. The summed E-state index contributed by atoms with van der Waals surface area (Å²) >= 11 is 1.33. The van der Waals surface area contributed by atoms with Crippen molar-refractivity contribution in [1.82, 2.24) is 25.4 Å². The molecule has 0 aliphatic rings. The van der Waals surface area contributed by atoms with Gasteiger partial charge in [0, 0.05) is 0 Å². The van der Waals surface area contributed by atoms with Crippen molar-refractivity contribution in [3.05, 3.63) is 84.2 Å². The Hall–Kier alpha value is -4.11. The maximum atomic E-state index is 12.0. The first-order valence-electron chi connectivity index (χ1n) is 10.3. The summed E-state index contributed by atoms with van der Waals surface area (Å²) < 4.78 is 5.80. The second kappa shape index (κ2) is 9.58. The standard InChI is InChI=1S/C24H20N6O2S/c31-23(15-33-24-28-20-7-3-4-8-21(20)29-24)30-25-13-16-9-11-17(12-10-16)32-14-22-26-18-5-1-2-6-19(18)27-22/h1-13H,14-15H2,(H,26,27)(H,28,29)(H,30,31)/b25-13-. The minimum Gasteiger partial charge on any atom is -0.486 e. The quantitative estimate of drug-likeness (QED) is 0.184. The van der Waals surface area contributed by atoms with E-state index in [1.54, 1.807) is 6.21 Å². The monoisotopic (exact) mass is 456 g/mol. The molecule has 2 aromatic heterocycles. The van der Waals surface area contributed by atoms with E-state index < -0.39 is 0 Å². The van der Waals surface area contributed by atoms with Crippen LogP contribution >= 0.6 is 11.8 Å². The number of aromatic nitrogens is 4. The SMILES string of the molecule is O=C(CSc1nc2ccccc2[nH]1)N/N=C\c1ccc(OCc2nc3ccccc3[nH]2)cc1. The van der Waals surface area contributed by atoms with Gasteiger partial charge in [-0.2, -0.15) is 5.10 Å². The number of nitrogens with zero attached hydrogens (tertiary/aromatic N) is 3. The van der Waals surface area contributed by atoms with E-state index in [0.717, 1.165) is 39.2 Å². The average molecular weight is 457 g/mol. The fraction of sp³-hybridized carbons (Fsp3) is 0.0833. The van der Waals surface area contributed by atoms with Gasteiger partial charge in [0.15, 0.2) is 5.16 Å². The minimum atomic E-state index is -0.206. The van der Waals surface area contributed by atoms with E-state index in [1.807, 2.05) is 72.8 Å². The van der Waals surface area contributed by atoms with Crippen molar-refractivity contribution < 1.29 is 9.53 Å². The molecule has 0 atom stereocenters. The highest BCUT2D eigenvalue weighted by molar-refractivity contribution is 7.99. The molecule has 5 aromatic rings. The number of imidazole rings is 2. The average Bonchev–Trinajstić information content (AvgIpc) is 3.45. The summed E-state index contributed by atoms with van der Waals surface area (Å²) in [5.41, 5.74) is 7.11. The molecule has 164 valence electrons. The number of thioether (sulfide) groups is 1. The maximum absolute atomic E-state index is 12.0. The Labute approximate surface area is 193 Å². The van der Waals surface area contributed by atoms with Crippen molar-refractivity contribution in [3.63, 3.8) is 0 Å². The van der Waals surface area contributed by atoms with E-state index in [-0.39, 0.29) is 11.7 Å². The van der Waals surface area contributed by atoms with Gasteiger partial charge >= 0.3 is 0 Å². The summed E-state index contributed by atoms with van der Waals surface area (Å²) in [5, 5.41) is 4.72. The molecule has 2 heterocycles. The zero-order chi connectivity index (χ0) is 22.5. The van der Waals surface area contributed by atoms with Gasteiger partial charge in [-0.15, -0.1) is 0 Å². The molecule has 9 heteroatoms. The van der Waals surface area contributed by atoms with E-state index in [4.69, 9.17) is 4.74 Å². The first-order chi connectivity index (χ1) is 16.2. The van der Waals surface area contributed by atoms with Crippen LogP contribution in [0, 0.1) is 0 Å². The summed E-state index contributed by atoms with van der Waals surface area (Å²) in [6.07, 6.45) is 1.59. The molecule has 0 aliphatic carbocycles. The van der Waals surface area contributed by atoms with Crippen LogP contribution in [0.4, 0.5) is 0 Å². The molecule has 0 saturated carbocycles. The van der Waals surface area contributed by atoms with Crippen LogP contribution in [0.15, 0.2) is 83.1 Å². The summed E-state index contributed by atoms with van der Waals surface area (Å²) in [7, 11) is 0. The fourth-order valence-corrected chi connectivity index (χ4v) is 3.90. The van der Waals surface area contributed by atoms with Gasteiger partial charge in [0.2, 0.25) is 0 Å². The molecule has 8 nitrogen and oxygen atoms in total.